The molecule has 0 aromatic heterocycles. The fraction of sp³-hybridized carbons (Fsp3) is 0.235. The van der Waals surface area contributed by atoms with E-state index < -0.39 is 18.0 Å². The van der Waals surface area contributed by atoms with Gasteiger partial charge < -0.3 is 9.47 Å². The summed E-state index contributed by atoms with van der Waals surface area (Å²) in [6.45, 7) is 3.99. The molecule has 0 spiro atoms. The van der Waals surface area contributed by atoms with E-state index in [9.17, 15) is 19.6 Å². The molecule has 1 heterocycles. The Balaban J connectivity index is 2.01. The van der Waals surface area contributed by atoms with Gasteiger partial charge in [0.2, 0.25) is 0 Å². The summed E-state index contributed by atoms with van der Waals surface area (Å²) in [5.41, 5.74) is 0.287. The molecule has 1 aliphatic rings. The molecule has 7 nitrogen and oxygen atoms in total. The third-order valence-corrected chi connectivity index (χ3v) is 3.53. The average Bonchev–Trinajstić information content (AvgIpc) is 2.55. The van der Waals surface area contributed by atoms with E-state index >= 15 is 0 Å². The van der Waals surface area contributed by atoms with Gasteiger partial charge in [-0.25, -0.2) is 4.79 Å². The number of nitrogens with zero attached hydrogens (tertiary/aromatic N) is 1. The van der Waals surface area contributed by atoms with Crippen molar-refractivity contribution in [2.75, 3.05) is 6.61 Å². The van der Waals surface area contributed by atoms with Crippen LogP contribution in [-0.4, -0.2) is 34.8 Å². The summed E-state index contributed by atoms with van der Waals surface area (Å²) < 4.78 is 10.0. The van der Waals surface area contributed by atoms with Crippen LogP contribution in [0, 0.1) is 5.92 Å². The van der Waals surface area contributed by atoms with E-state index in [4.69, 9.17) is 9.47 Å². The zero-order chi connectivity index (χ0) is 17.4. The van der Waals surface area contributed by atoms with Crippen molar-refractivity contribution in [1.82, 2.24) is 5.06 Å². The molecular formula is C17H15NO6. The Kier molecular flexibility index (Phi) is 3.94. The highest BCUT2D eigenvalue weighted by Crippen LogP contribution is 2.33. The summed E-state index contributed by atoms with van der Waals surface area (Å²) >= 11 is 0. The van der Waals surface area contributed by atoms with E-state index in [-0.39, 0.29) is 34.5 Å². The van der Waals surface area contributed by atoms with Crippen LogP contribution in [0.3, 0.4) is 0 Å². The Bertz CT molecular complexity index is 858. The second kappa shape index (κ2) is 5.93. The van der Waals surface area contributed by atoms with Crippen LogP contribution >= 0.6 is 0 Å². The fourth-order valence-corrected chi connectivity index (χ4v) is 2.49. The van der Waals surface area contributed by atoms with Crippen molar-refractivity contribution < 1.29 is 29.1 Å². The van der Waals surface area contributed by atoms with E-state index in [0.717, 1.165) is 0 Å². The molecule has 0 unspecified atom stereocenters. The Morgan fingerprint density at radius 3 is 2.58 bits per heavy atom. The molecule has 1 N–H and O–H groups in total. The van der Waals surface area contributed by atoms with Crippen LogP contribution in [0.25, 0.3) is 10.8 Å². The molecule has 2 aromatic rings. The number of ether oxygens (including phenoxy) is 2. The molecule has 0 aliphatic carbocycles. The van der Waals surface area contributed by atoms with Gasteiger partial charge in [-0.15, -0.1) is 5.06 Å². The molecule has 0 bridgehead atoms. The summed E-state index contributed by atoms with van der Waals surface area (Å²) in [6, 6.07) is 7.65. The van der Waals surface area contributed by atoms with Crippen LogP contribution < -0.4 is 4.74 Å². The maximum absolute atomic E-state index is 12.1. The Morgan fingerprint density at radius 2 is 1.88 bits per heavy atom. The lowest BCUT2D eigenvalue weighted by molar-refractivity contribution is -0.0377. The maximum Gasteiger partial charge on any atom is 0.513 e. The minimum atomic E-state index is -0.883. The average molecular weight is 329 g/mol. The van der Waals surface area contributed by atoms with Crippen LogP contribution in [0.2, 0.25) is 0 Å². The molecule has 1 aliphatic heterocycles. The maximum atomic E-state index is 12.1. The van der Waals surface area contributed by atoms with Gasteiger partial charge in [0, 0.05) is 5.39 Å². The third kappa shape index (κ3) is 2.69. The van der Waals surface area contributed by atoms with Gasteiger partial charge in [0.15, 0.2) is 0 Å². The van der Waals surface area contributed by atoms with Gasteiger partial charge in [-0.3, -0.25) is 14.8 Å². The summed E-state index contributed by atoms with van der Waals surface area (Å²) in [5.74, 6) is -1.40. The van der Waals surface area contributed by atoms with E-state index in [1.807, 2.05) is 13.8 Å². The Labute approximate surface area is 137 Å². The van der Waals surface area contributed by atoms with Gasteiger partial charge in [0.05, 0.1) is 17.7 Å². The lowest BCUT2D eigenvalue weighted by atomic mass is 9.95. The smallest absolute Gasteiger partial charge is 0.434 e. The topological polar surface area (TPSA) is 93.1 Å². The molecule has 0 atom stereocenters. The van der Waals surface area contributed by atoms with Gasteiger partial charge in [-0.2, -0.15) is 0 Å². The van der Waals surface area contributed by atoms with Crippen molar-refractivity contribution in [3.63, 3.8) is 0 Å². The highest BCUT2D eigenvalue weighted by molar-refractivity contribution is 6.25. The van der Waals surface area contributed by atoms with Gasteiger partial charge in [-0.1, -0.05) is 26.0 Å². The number of carbonyl (C=O) groups is 3. The number of rotatable bonds is 3. The van der Waals surface area contributed by atoms with Gasteiger partial charge >= 0.3 is 6.16 Å². The second-order valence-electron chi connectivity index (χ2n) is 5.85. The molecule has 2 aromatic carbocycles. The highest BCUT2D eigenvalue weighted by atomic mass is 16.7. The van der Waals surface area contributed by atoms with Crippen molar-refractivity contribution in [2.45, 2.75) is 13.8 Å². The summed E-state index contributed by atoms with van der Waals surface area (Å²) in [6.07, 6.45) is -0.883. The van der Waals surface area contributed by atoms with Crippen molar-refractivity contribution in [3.05, 3.63) is 41.5 Å². The summed E-state index contributed by atoms with van der Waals surface area (Å²) in [7, 11) is 0. The molecule has 0 fully saturated rings. The van der Waals surface area contributed by atoms with Crippen LogP contribution in [0.15, 0.2) is 30.3 Å². The van der Waals surface area contributed by atoms with E-state index in [0.29, 0.717) is 10.8 Å². The fourth-order valence-electron chi connectivity index (χ4n) is 2.49. The lowest BCUT2D eigenvalue weighted by Crippen LogP contribution is -2.37. The number of imide groups is 1. The third-order valence-electron chi connectivity index (χ3n) is 3.53. The quantitative estimate of drug-likeness (QED) is 0.403. The molecule has 0 saturated carbocycles. The summed E-state index contributed by atoms with van der Waals surface area (Å²) in [5, 5.41) is 10.7. The Hall–Kier alpha value is -2.93. The number of hydroxylamine groups is 2. The largest absolute Gasteiger partial charge is 0.513 e. The predicted octanol–water partition coefficient (Wildman–Crippen LogP) is 3.00. The van der Waals surface area contributed by atoms with E-state index in [1.165, 1.54) is 18.2 Å². The van der Waals surface area contributed by atoms with E-state index in [1.54, 1.807) is 12.1 Å². The number of benzene rings is 2. The van der Waals surface area contributed by atoms with Crippen molar-refractivity contribution in [1.29, 1.82) is 0 Å². The first-order valence-electron chi connectivity index (χ1n) is 7.37. The van der Waals surface area contributed by atoms with Crippen LogP contribution in [-0.2, 0) is 4.74 Å². The number of carbonyl (C=O) groups excluding carboxylic acids is 3. The SMILES string of the molecule is CC(C)COC(=O)Oc1cc2c3c(cccc3c1)C(=O)N(O)C2=O. The zero-order valence-electron chi connectivity index (χ0n) is 13.1. The first-order chi connectivity index (χ1) is 11.4. The lowest BCUT2D eigenvalue weighted by Gasteiger charge is -2.22. The minimum absolute atomic E-state index is 0.0535. The second-order valence-corrected chi connectivity index (χ2v) is 5.85. The molecular weight excluding hydrogens is 314 g/mol. The molecule has 7 heteroatoms. The van der Waals surface area contributed by atoms with Crippen molar-refractivity contribution >= 4 is 28.7 Å². The van der Waals surface area contributed by atoms with Crippen LogP contribution in [0.1, 0.15) is 34.6 Å². The first kappa shape index (κ1) is 15.9. The molecule has 24 heavy (non-hydrogen) atoms. The van der Waals surface area contributed by atoms with Crippen molar-refractivity contribution in [3.8, 4) is 5.75 Å². The molecule has 0 saturated heterocycles. The number of hydrogen-bond acceptors (Lipinski definition) is 6. The molecule has 3 rings (SSSR count). The monoisotopic (exact) mass is 329 g/mol. The van der Waals surface area contributed by atoms with Crippen LogP contribution in [0.4, 0.5) is 4.79 Å². The molecule has 2 amide bonds. The normalized spacial score (nSPS) is 13.6. The van der Waals surface area contributed by atoms with Crippen LogP contribution in [0.5, 0.6) is 5.75 Å². The molecule has 0 radical (unpaired) electrons. The number of amides is 2. The standard InChI is InChI=1S/C17H15NO6/c1-9(2)8-23-17(21)24-11-6-10-4-3-5-12-14(10)13(7-11)16(20)18(22)15(12)19/h3-7,9,22H,8H2,1-2H3. The van der Waals surface area contributed by atoms with Crippen molar-refractivity contribution in [2.24, 2.45) is 5.92 Å². The van der Waals surface area contributed by atoms with Gasteiger partial charge in [-0.05, 0) is 29.5 Å². The predicted molar refractivity (Wildman–Crippen MR) is 83.0 cm³/mol. The Morgan fingerprint density at radius 1 is 1.17 bits per heavy atom. The van der Waals surface area contributed by atoms with Gasteiger partial charge in [0.1, 0.15) is 5.75 Å². The van der Waals surface area contributed by atoms with E-state index in [2.05, 4.69) is 0 Å². The van der Waals surface area contributed by atoms with Gasteiger partial charge in [0.25, 0.3) is 11.8 Å². The molecule has 124 valence electrons. The minimum Gasteiger partial charge on any atom is -0.434 e. The zero-order valence-corrected chi connectivity index (χ0v) is 13.1. The number of hydrogen-bond donors (Lipinski definition) is 1. The first-order valence-corrected chi connectivity index (χ1v) is 7.37. The summed E-state index contributed by atoms with van der Waals surface area (Å²) in [4.78, 5) is 35.8. The highest BCUT2D eigenvalue weighted by Gasteiger charge is 2.32.